The predicted molar refractivity (Wildman–Crippen MR) is 84.2 cm³/mol. The number of aryl methyl sites for hydroxylation is 1. The summed E-state index contributed by atoms with van der Waals surface area (Å²) in [5.41, 5.74) is 7.08. The molecule has 0 aliphatic rings. The molecule has 0 saturated carbocycles. The number of nitrogens with two attached hydrogens (primary N) is 1. The fourth-order valence-corrected chi connectivity index (χ4v) is 3.66. The second kappa shape index (κ2) is 4.99. The van der Waals surface area contributed by atoms with Crippen LogP contribution >= 0.6 is 0 Å². The average molecular weight is 314 g/mol. The summed E-state index contributed by atoms with van der Waals surface area (Å²) in [5, 5.41) is 0.645. The van der Waals surface area contributed by atoms with Crippen LogP contribution in [0.4, 0.5) is 0 Å². The number of hydrogen-bond donors (Lipinski definition) is 1. The molecule has 2 aromatic carbocycles. The highest BCUT2D eigenvalue weighted by atomic mass is 32.2. The summed E-state index contributed by atoms with van der Waals surface area (Å²) in [6.45, 7) is 1.90. The van der Waals surface area contributed by atoms with Gasteiger partial charge < -0.3 is 5.73 Å². The van der Waals surface area contributed by atoms with E-state index in [0.29, 0.717) is 16.5 Å². The number of carbonyl (C=O) groups excluding carboxylic acids is 1. The fraction of sp³-hybridized carbons (Fsp3) is 0.0625. The Hall–Kier alpha value is -2.60. The van der Waals surface area contributed by atoms with Crippen LogP contribution in [0, 0.1) is 6.92 Å². The predicted octanol–water partition coefficient (Wildman–Crippen LogP) is 2.29. The SMILES string of the molecule is Cc1ccc(S(=O)(=O)n2ccc3cc(C(N)=O)ccc32)cc1. The fourth-order valence-electron chi connectivity index (χ4n) is 2.30. The molecule has 1 amide bonds. The highest BCUT2D eigenvalue weighted by Crippen LogP contribution is 2.23. The number of rotatable bonds is 3. The molecule has 3 aromatic rings. The molecule has 2 N–H and O–H groups in total. The number of primary amides is 1. The number of carbonyl (C=O) groups is 1. The van der Waals surface area contributed by atoms with Gasteiger partial charge in [0.1, 0.15) is 0 Å². The van der Waals surface area contributed by atoms with E-state index in [9.17, 15) is 13.2 Å². The number of aromatic nitrogens is 1. The molecule has 0 aliphatic heterocycles. The van der Waals surface area contributed by atoms with Crippen molar-refractivity contribution in [2.45, 2.75) is 11.8 Å². The van der Waals surface area contributed by atoms with Crippen LogP contribution in [0.5, 0.6) is 0 Å². The van der Waals surface area contributed by atoms with Gasteiger partial charge in [-0.3, -0.25) is 4.79 Å². The van der Waals surface area contributed by atoms with Crippen LogP contribution in [0.15, 0.2) is 59.6 Å². The minimum absolute atomic E-state index is 0.217. The first-order valence-electron chi connectivity index (χ1n) is 6.63. The standard InChI is InChI=1S/C16H14N2O3S/c1-11-2-5-14(6-3-11)22(20,21)18-9-8-12-10-13(16(17)19)4-7-15(12)18/h2-10H,1H3,(H2,17,19). The molecular weight excluding hydrogens is 300 g/mol. The Labute approximate surface area is 128 Å². The van der Waals surface area contributed by atoms with Crippen molar-refractivity contribution in [3.8, 4) is 0 Å². The third-order valence-corrected chi connectivity index (χ3v) is 5.22. The van der Waals surface area contributed by atoms with Gasteiger partial charge in [0.2, 0.25) is 5.91 Å². The average Bonchev–Trinajstić information content (AvgIpc) is 2.91. The van der Waals surface area contributed by atoms with E-state index >= 15 is 0 Å². The monoisotopic (exact) mass is 314 g/mol. The van der Waals surface area contributed by atoms with Crippen LogP contribution in [0.1, 0.15) is 15.9 Å². The van der Waals surface area contributed by atoms with Gasteiger partial charge in [-0.25, -0.2) is 12.4 Å². The summed E-state index contributed by atoms with van der Waals surface area (Å²) in [6.07, 6.45) is 1.48. The topological polar surface area (TPSA) is 82.2 Å². The lowest BCUT2D eigenvalue weighted by Crippen LogP contribution is -2.12. The lowest BCUT2D eigenvalue weighted by atomic mass is 10.1. The van der Waals surface area contributed by atoms with E-state index in [2.05, 4.69) is 0 Å². The first kappa shape index (κ1) is 14.3. The van der Waals surface area contributed by atoms with Crippen LogP contribution in [-0.2, 0) is 10.0 Å². The highest BCUT2D eigenvalue weighted by molar-refractivity contribution is 7.90. The third-order valence-electron chi connectivity index (χ3n) is 3.52. The summed E-state index contributed by atoms with van der Waals surface area (Å²) in [5.74, 6) is -0.545. The van der Waals surface area contributed by atoms with Crippen molar-refractivity contribution < 1.29 is 13.2 Å². The minimum Gasteiger partial charge on any atom is -0.366 e. The molecule has 3 rings (SSSR count). The second-order valence-corrected chi connectivity index (χ2v) is 6.88. The summed E-state index contributed by atoms with van der Waals surface area (Å²) >= 11 is 0. The van der Waals surface area contributed by atoms with Gasteiger partial charge in [0.15, 0.2) is 0 Å². The van der Waals surface area contributed by atoms with Crippen LogP contribution in [0.3, 0.4) is 0 Å². The van der Waals surface area contributed by atoms with Crippen LogP contribution in [0.25, 0.3) is 10.9 Å². The van der Waals surface area contributed by atoms with Crippen molar-refractivity contribution >= 4 is 26.8 Å². The minimum atomic E-state index is -3.67. The van der Waals surface area contributed by atoms with Crippen molar-refractivity contribution in [2.24, 2.45) is 5.73 Å². The molecule has 0 aliphatic carbocycles. The lowest BCUT2D eigenvalue weighted by Gasteiger charge is -2.08. The molecule has 1 aromatic heterocycles. The first-order valence-corrected chi connectivity index (χ1v) is 8.07. The number of amides is 1. The van der Waals surface area contributed by atoms with Crippen molar-refractivity contribution in [3.63, 3.8) is 0 Å². The van der Waals surface area contributed by atoms with Gasteiger partial charge in [0.25, 0.3) is 10.0 Å². The molecule has 6 heteroatoms. The molecule has 5 nitrogen and oxygen atoms in total. The second-order valence-electron chi connectivity index (χ2n) is 5.07. The Kier molecular flexibility index (Phi) is 3.26. The Balaban J connectivity index is 2.17. The quantitative estimate of drug-likeness (QED) is 0.805. The van der Waals surface area contributed by atoms with Crippen molar-refractivity contribution in [1.29, 1.82) is 0 Å². The van der Waals surface area contributed by atoms with E-state index < -0.39 is 15.9 Å². The van der Waals surface area contributed by atoms with E-state index in [-0.39, 0.29) is 4.90 Å². The highest BCUT2D eigenvalue weighted by Gasteiger charge is 2.19. The van der Waals surface area contributed by atoms with Crippen LogP contribution in [0.2, 0.25) is 0 Å². The molecule has 22 heavy (non-hydrogen) atoms. The molecule has 1 heterocycles. The molecule has 112 valence electrons. The molecule has 0 spiro atoms. The maximum Gasteiger partial charge on any atom is 0.268 e. The number of hydrogen-bond acceptors (Lipinski definition) is 3. The molecule has 0 unspecified atom stereocenters. The van der Waals surface area contributed by atoms with Crippen LogP contribution in [-0.4, -0.2) is 18.3 Å². The molecule has 0 bridgehead atoms. The number of benzene rings is 2. The van der Waals surface area contributed by atoms with Gasteiger partial charge in [-0.1, -0.05) is 17.7 Å². The Morgan fingerprint density at radius 2 is 1.73 bits per heavy atom. The van der Waals surface area contributed by atoms with Crippen molar-refractivity contribution in [3.05, 3.63) is 65.9 Å². The Morgan fingerprint density at radius 3 is 2.36 bits per heavy atom. The van der Waals surface area contributed by atoms with E-state index in [4.69, 9.17) is 5.73 Å². The number of nitrogens with zero attached hydrogens (tertiary/aromatic N) is 1. The van der Waals surface area contributed by atoms with Gasteiger partial charge in [-0.15, -0.1) is 0 Å². The zero-order valence-electron chi connectivity index (χ0n) is 11.9. The normalized spacial score (nSPS) is 11.7. The van der Waals surface area contributed by atoms with Gasteiger partial charge in [0, 0.05) is 17.1 Å². The maximum atomic E-state index is 12.7. The largest absolute Gasteiger partial charge is 0.366 e. The summed E-state index contributed by atoms with van der Waals surface area (Å²) in [4.78, 5) is 11.4. The van der Waals surface area contributed by atoms with Gasteiger partial charge >= 0.3 is 0 Å². The Bertz CT molecular complexity index is 970. The van der Waals surface area contributed by atoms with Gasteiger partial charge in [0.05, 0.1) is 10.4 Å². The molecule has 0 saturated heterocycles. The third kappa shape index (κ3) is 2.27. The zero-order chi connectivity index (χ0) is 15.9. The van der Waals surface area contributed by atoms with E-state index in [0.717, 1.165) is 5.56 Å². The lowest BCUT2D eigenvalue weighted by molar-refractivity contribution is 0.100. The maximum absolute atomic E-state index is 12.7. The first-order chi connectivity index (χ1) is 10.4. The number of fused-ring (bicyclic) bond motifs is 1. The molecule has 0 fully saturated rings. The Morgan fingerprint density at radius 1 is 1.05 bits per heavy atom. The molecule has 0 radical (unpaired) electrons. The molecule has 0 atom stereocenters. The van der Waals surface area contributed by atoms with Crippen molar-refractivity contribution in [1.82, 2.24) is 3.97 Å². The summed E-state index contributed by atoms with van der Waals surface area (Å²) in [7, 11) is -3.67. The van der Waals surface area contributed by atoms with Gasteiger partial charge in [-0.2, -0.15) is 0 Å². The molecular formula is C16H14N2O3S. The van der Waals surface area contributed by atoms with E-state index in [1.807, 2.05) is 6.92 Å². The van der Waals surface area contributed by atoms with E-state index in [1.165, 1.54) is 16.2 Å². The van der Waals surface area contributed by atoms with Crippen molar-refractivity contribution in [2.75, 3.05) is 0 Å². The summed E-state index contributed by atoms with van der Waals surface area (Å²) in [6, 6.07) is 13.0. The zero-order valence-corrected chi connectivity index (χ0v) is 12.7. The van der Waals surface area contributed by atoms with Gasteiger partial charge in [-0.05, 0) is 43.3 Å². The van der Waals surface area contributed by atoms with Crippen LogP contribution < -0.4 is 5.73 Å². The van der Waals surface area contributed by atoms with E-state index in [1.54, 1.807) is 42.5 Å². The smallest absolute Gasteiger partial charge is 0.268 e. The summed E-state index contributed by atoms with van der Waals surface area (Å²) < 4.78 is 26.6.